The molecular formula is C45H86O6. The van der Waals surface area contributed by atoms with Crippen LogP contribution in [0.2, 0.25) is 0 Å². The second kappa shape index (κ2) is 41.2. The van der Waals surface area contributed by atoms with E-state index in [9.17, 15) is 14.4 Å². The number of carbonyl (C=O) groups is 3. The largest absolute Gasteiger partial charge is 0.462 e. The second-order valence-corrected chi connectivity index (χ2v) is 15.3. The van der Waals surface area contributed by atoms with Gasteiger partial charge in [-0.1, -0.05) is 213 Å². The predicted octanol–water partition coefficient (Wildman–Crippen LogP) is 14.1. The van der Waals surface area contributed by atoms with Crippen LogP contribution in [0.25, 0.3) is 0 Å². The molecule has 51 heavy (non-hydrogen) atoms. The Balaban J connectivity index is 4.26. The first-order chi connectivity index (χ1) is 25.0. The van der Waals surface area contributed by atoms with Gasteiger partial charge in [0.05, 0.1) is 0 Å². The number of esters is 3. The van der Waals surface area contributed by atoms with Gasteiger partial charge in [-0.3, -0.25) is 14.4 Å². The van der Waals surface area contributed by atoms with E-state index < -0.39 is 6.10 Å². The molecule has 0 aromatic heterocycles. The van der Waals surface area contributed by atoms with E-state index in [1.54, 1.807) is 0 Å². The molecule has 0 aliphatic heterocycles. The van der Waals surface area contributed by atoms with E-state index in [0.29, 0.717) is 19.3 Å². The van der Waals surface area contributed by atoms with Crippen LogP contribution in [0.3, 0.4) is 0 Å². The molecule has 0 rings (SSSR count). The first-order valence-electron chi connectivity index (χ1n) is 22.5. The monoisotopic (exact) mass is 723 g/mol. The van der Waals surface area contributed by atoms with Gasteiger partial charge < -0.3 is 14.2 Å². The molecular weight excluding hydrogens is 636 g/mol. The maximum atomic E-state index is 12.7. The number of ether oxygens (including phenoxy) is 3. The summed E-state index contributed by atoms with van der Waals surface area (Å²) in [5.74, 6) is -0.858. The van der Waals surface area contributed by atoms with Gasteiger partial charge in [0, 0.05) is 19.3 Å². The summed E-state index contributed by atoms with van der Waals surface area (Å²) in [6.45, 7) is 6.61. The molecule has 0 heterocycles. The van der Waals surface area contributed by atoms with Gasteiger partial charge in [0.25, 0.3) is 0 Å². The van der Waals surface area contributed by atoms with Crippen LogP contribution in [0.1, 0.15) is 252 Å². The van der Waals surface area contributed by atoms with Crippen molar-refractivity contribution < 1.29 is 28.6 Å². The molecule has 6 nitrogen and oxygen atoms in total. The molecule has 0 N–H and O–H groups in total. The average molecular weight is 723 g/mol. The highest BCUT2D eigenvalue weighted by atomic mass is 16.6. The van der Waals surface area contributed by atoms with Gasteiger partial charge in [0.15, 0.2) is 6.10 Å². The van der Waals surface area contributed by atoms with Crippen molar-refractivity contribution in [3.05, 3.63) is 0 Å². The summed E-state index contributed by atoms with van der Waals surface area (Å²) >= 11 is 0. The third-order valence-electron chi connectivity index (χ3n) is 10.1. The van der Waals surface area contributed by atoms with Gasteiger partial charge in [0.1, 0.15) is 13.2 Å². The lowest BCUT2D eigenvalue weighted by Crippen LogP contribution is -2.30. The molecule has 0 radical (unpaired) electrons. The summed E-state index contributed by atoms with van der Waals surface area (Å²) in [7, 11) is 0. The molecule has 0 amide bonds. The molecule has 0 spiro atoms. The predicted molar refractivity (Wildman–Crippen MR) is 215 cm³/mol. The first kappa shape index (κ1) is 49.4. The molecule has 1 atom stereocenters. The summed E-state index contributed by atoms with van der Waals surface area (Å²) in [5.41, 5.74) is 0. The zero-order chi connectivity index (χ0) is 37.3. The molecule has 0 aromatic carbocycles. The van der Waals surface area contributed by atoms with Gasteiger partial charge in [-0.2, -0.15) is 0 Å². The van der Waals surface area contributed by atoms with Crippen LogP contribution >= 0.6 is 0 Å². The van der Waals surface area contributed by atoms with Crippen LogP contribution in [0.15, 0.2) is 0 Å². The van der Waals surface area contributed by atoms with Crippen molar-refractivity contribution in [2.24, 2.45) is 0 Å². The van der Waals surface area contributed by atoms with Crippen molar-refractivity contribution in [3.8, 4) is 0 Å². The Labute approximate surface area is 317 Å². The highest BCUT2D eigenvalue weighted by molar-refractivity contribution is 5.71. The molecule has 0 saturated carbocycles. The Morgan fingerprint density at radius 2 is 0.529 bits per heavy atom. The fourth-order valence-electron chi connectivity index (χ4n) is 6.68. The topological polar surface area (TPSA) is 78.9 Å². The lowest BCUT2D eigenvalue weighted by molar-refractivity contribution is -0.167. The van der Waals surface area contributed by atoms with Crippen LogP contribution in [0, 0.1) is 0 Å². The second-order valence-electron chi connectivity index (χ2n) is 15.3. The highest BCUT2D eigenvalue weighted by Crippen LogP contribution is 2.16. The van der Waals surface area contributed by atoms with Crippen LogP contribution in [0.5, 0.6) is 0 Å². The molecule has 0 aliphatic carbocycles. The summed E-state index contributed by atoms with van der Waals surface area (Å²) in [5, 5.41) is 0. The highest BCUT2D eigenvalue weighted by Gasteiger charge is 2.19. The number of hydrogen-bond acceptors (Lipinski definition) is 6. The minimum Gasteiger partial charge on any atom is -0.462 e. The lowest BCUT2D eigenvalue weighted by Gasteiger charge is -2.18. The van der Waals surface area contributed by atoms with Crippen molar-refractivity contribution in [2.45, 2.75) is 258 Å². The normalized spacial score (nSPS) is 11.8. The minimum absolute atomic E-state index is 0.0632. The molecule has 0 bridgehead atoms. The van der Waals surface area contributed by atoms with Crippen LogP contribution < -0.4 is 0 Å². The molecule has 0 aromatic rings. The van der Waals surface area contributed by atoms with E-state index in [-0.39, 0.29) is 31.1 Å². The van der Waals surface area contributed by atoms with E-state index in [0.717, 1.165) is 57.8 Å². The van der Waals surface area contributed by atoms with Gasteiger partial charge in [0.2, 0.25) is 0 Å². The Bertz CT molecular complexity index is 753. The van der Waals surface area contributed by atoms with Gasteiger partial charge >= 0.3 is 17.9 Å². The van der Waals surface area contributed by atoms with Crippen molar-refractivity contribution in [2.75, 3.05) is 13.2 Å². The van der Waals surface area contributed by atoms with E-state index in [4.69, 9.17) is 14.2 Å². The SMILES string of the molecule is CCCCCCCCCCCCCCCCC(=O)OC[C@H](COC(=O)CCCCCCCCC)OC(=O)CCCCCCCCCCCCCC. The first-order valence-corrected chi connectivity index (χ1v) is 22.5. The van der Waals surface area contributed by atoms with Gasteiger partial charge in [-0.15, -0.1) is 0 Å². The molecule has 0 fully saturated rings. The third kappa shape index (κ3) is 39.5. The quantitative estimate of drug-likeness (QED) is 0.0355. The summed E-state index contributed by atoms with van der Waals surface area (Å²) in [6, 6.07) is 0. The molecule has 0 saturated heterocycles. The Morgan fingerprint density at radius 1 is 0.314 bits per heavy atom. The Hall–Kier alpha value is -1.59. The van der Waals surface area contributed by atoms with Crippen LogP contribution in [0.4, 0.5) is 0 Å². The zero-order valence-electron chi connectivity index (χ0n) is 34.4. The van der Waals surface area contributed by atoms with E-state index in [1.165, 1.54) is 154 Å². The number of hydrogen-bond donors (Lipinski definition) is 0. The molecule has 6 heteroatoms. The van der Waals surface area contributed by atoms with Crippen molar-refractivity contribution in [1.82, 2.24) is 0 Å². The van der Waals surface area contributed by atoms with Crippen LogP contribution in [-0.4, -0.2) is 37.2 Å². The van der Waals surface area contributed by atoms with Crippen molar-refractivity contribution >= 4 is 17.9 Å². The van der Waals surface area contributed by atoms with Crippen LogP contribution in [-0.2, 0) is 28.6 Å². The lowest BCUT2D eigenvalue weighted by atomic mass is 10.0. The Kier molecular flexibility index (Phi) is 39.9. The fraction of sp³-hybridized carbons (Fsp3) is 0.933. The van der Waals surface area contributed by atoms with Crippen molar-refractivity contribution in [3.63, 3.8) is 0 Å². The van der Waals surface area contributed by atoms with Gasteiger partial charge in [-0.25, -0.2) is 0 Å². The number of carbonyl (C=O) groups excluding carboxylic acids is 3. The van der Waals surface area contributed by atoms with Crippen molar-refractivity contribution in [1.29, 1.82) is 0 Å². The molecule has 302 valence electrons. The fourth-order valence-corrected chi connectivity index (χ4v) is 6.68. The maximum absolute atomic E-state index is 12.7. The third-order valence-corrected chi connectivity index (χ3v) is 10.1. The summed E-state index contributed by atoms with van der Waals surface area (Å²) in [4.78, 5) is 37.5. The minimum atomic E-state index is -0.756. The van der Waals surface area contributed by atoms with E-state index in [2.05, 4.69) is 20.8 Å². The molecule has 0 unspecified atom stereocenters. The number of rotatable bonds is 41. The van der Waals surface area contributed by atoms with Gasteiger partial charge in [-0.05, 0) is 19.3 Å². The summed E-state index contributed by atoms with van der Waals surface area (Å²) < 4.78 is 16.6. The zero-order valence-corrected chi connectivity index (χ0v) is 34.4. The Morgan fingerprint density at radius 3 is 0.784 bits per heavy atom. The summed E-state index contributed by atoms with van der Waals surface area (Å²) in [6.07, 6.45) is 40.9. The smallest absolute Gasteiger partial charge is 0.306 e. The maximum Gasteiger partial charge on any atom is 0.306 e. The van der Waals surface area contributed by atoms with E-state index >= 15 is 0 Å². The number of unbranched alkanes of at least 4 members (excludes halogenated alkanes) is 30. The van der Waals surface area contributed by atoms with E-state index in [1.807, 2.05) is 0 Å². The average Bonchev–Trinajstić information content (AvgIpc) is 3.12. The molecule has 0 aliphatic rings. The standard InChI is InChI=1S/C45H86O6/c1-4-7-10-13-16-18-20-22-23-25-26-29-32-35-38-44(47)50-41-42(40-49-43(46)37-34-31-28-15-12-9-6-3)51-45(48)39-36-33-30-27-24-21-19-17-14-11-8-5-2/h42H,4-41H2,1-3H3/t42-/m0/s1.